The van der Waals surface area contributed by atoms with Gasteiger partial charge < -0.3 is 15.5 Å². The van der Waals surface area contributed by atoms with Crippen LogP contribution in [0.4, 0.5) is 10.1 Å². The predicted octanol–water partition coefficient (Wildman–Crippen LogP) is 2.31. The molecule has 1 heterocycles. The van der Waals surface area contributed by atoms with Gasteiger partial charge in [0.15, 0.2) is 11.6 Å². The summed E-state index contributed by atoms with van der Waals surface area (Å²) in [4.78, 5) is 18.2. The topological polar surface area (TPSA) is 105 Å². The number of aromatic amines is 1. The Morgan fingerprint density at radius 3 is 2.91 bits per heavy atom. The van der Waals surface area contributed by atoms with E-state index in [2.05, 4.69) is 9.97 Å². The lowest BCUT2D eigenvalue weighted by Crippen LogP contribution is -2.06. The predicted molar refractivity (Wildman–Crippen MR) is 78.0 cm³/mol. The first kappa shape index (κ1) is 13.6. The minimum Gasteiger partial charge on any atom is -0.453 e. The maximum atomic E-state index is 13.9. The van der Waals surface area contributed by atoms with Crippen molar-refractivity contribution in [2.45, 2.75) is 0 Å². The first-order chi connectivity index (χ1) is 10.6. The Kier molecular flexibility index (Phi) is 3.20. The van der Waals surface area contributed by atoms with E-state index in [1.54, 1.807) is 12.1 Å². The van der Waals surface area contributed by atoms with Gasteiger partial charge in [0.2, 0.25) is 0 Å². The number of aromatic nitrogens is 2. The van der Waals surface area contributed by atoms with Crippen LogP contribution in [0.3, 0.4) is 0 Å². The van der Waals surface area contributed by atoms with Crippen molar-refractivity contribution < 1.29 is 9.13 Å². The van der Waals surface area contributed by atoms with Crippen LogP contribution in [0.2, 0.25) is 0 Å². The molecule has 0 aliphatic rings. The lowest BCUT2D eigenvalue weighted by molar-refractivity contribution is 0.441. The second-order valence-corrected chi connectivity index (χ2v) is 4.47. The smallest absolute Gasteiger partial charge is 0.258 e. The summed E-state index contributed by atoms with van der Waals surface area (Å²) < 4.78 is 19.3. The maximum absolute atomic E-state index is 13.9. The van der Waals surface area contributed by atoms with Gasteiger partial charge in [-0.2, -0.15) is 5.26 Å². The summed E-state index contributed by atoms with van der Waals surface area (Å²) in [5.41, 5.74) is 5.78. The van der Waals surface area contributed by atoms with Gasteiger partial charge in [0.25, 0.3) is 5.56 Å². The largest absolute Gasteiger partial charge is 0.453 e. The molecule has 2 aromatic carbocycles. The fourth-order valence-corrected chi connectivity index (χ4v) is 2.02. The Hall–Kier alpha value is -3.40. The van der Waals surface area contributed by atoms with E-state index in [4.69, 9.17) is 15.7 Å². The molecule has 0 bridgehead atoms. The molecule has 3 aromatic rings. The highest BCUT2D eigenvalue weighted by atomic mass is 19.1. The van der Waals surface area contributed by atoms with Crippen LogP contribution >= 0.6 is 0 Å². The highest BCUT2D eigenvalue weighted by molar-refractivity contribution is 5.79. The molecule has 108 valence electrons. The second kappa shape index (κ2) is 5.18. The van der Waals surface area contributed by atoms with Gasteiger partial charge in [-0.25, -0.2) is 9.37 Å². The van der Waals surface area contributed by atoms with Crippen molar-refractivity contribution in [1.29, 1.82) is 5.26 Å². The number of hydrogen-bond donors (Lipinski definition) is 2. The molecule has 7 heteroatoms. The van der Waals surface area contributed by atoms with Crippen molar-refractivity contribution in [3.63, 3.8) is 0 Å². The number of benzene rings is 2. The zero-order valence-corrected chi connectivity index (χ0v) is 11.1. The summed E-state index contributed by atoms with van der Waals surface area (Å²) in [7, 11) is 0. The molecule has 0 unspecified atom stereocenters. The van der Waals surface area contributed by atoms with Gasteiger partial charge >= 0.3 is 0 Å². The molecule has 3 rings (SSSR count). The third kappa shape index (κ3) is 2.23. The first-order valence-electron chi connectivity index (χ1n) is 6.23. The van der Waals surface area contributed by atoms with Crippen molar-refractivity contribution >= 4 is 16.6 Å². The van der Waals surface area contributed by atoms with Crippen molar-refractivity contribution in [1.82, 2.24) is 9.97 Å². The molecule has 6 nitrogen and oxygen atoms in total. The van der Waals surface area contributed by atoms with Gasteiger partial charge in [-0.3, -0.25) is 4.79 Å². The molecule has 22 heavy (non-hydrogen) atoms. The summed E-state index contributed by atoms with van der Waals surface area (Å²) in [6, 6.07) is 8.72. The van der Waals surface area contributed by atoms with Gasteiger partial charge in [-0.05, 0) is 30.3 Å². The van der Waals surface area contributed by atoms with Crippen molar-refractivity contribution in [3.8, 4) is 17.6 Å². The number of fused-ring (bicyclic) bond motifs is 1. The number of nitriles is 1. The second-order valence-electron chi connectivity index (χ2n) is 4.47. The normalized spacial score (nSPS) is 10.4. The Bertz CT molecular complexity index is 975. The molecule has 0 amide bonds. The molecule has 0 saturated heterocycles. The Morgan fingerprint density at radius 1 is 1.32 bits per heavy atom. The van der Waals surface area contributed by atoms with E-state index in [0.717, 1.165) is 6.07 Å². The molecule has 0 saturated carbocycles. The summed E-state index contributed by atoms with van der Waals surface area (Å²) in [5.74, 6) is -0.792. The highest BCUT2D eigenvalue weighted by Gasteiger charge is 2.15. The number of rotatable bonds is 2. The Morgan fingerprint density at radius 2 is 2.14 bits per heavy atom. The first-order valence-corrected chi connectivity index (χ1v) is 6.23. The highest BCUT2D eigenvalue weighted by Crippen LogP contribution is 2.32. The number of nitrogens with zero attached hydrogens (tertiary/aromatic N) is 2. The quantitative estimate of drug-likeness (QED) is 0.706. The zero-order chi connectivity index (χ0) is 15.7. The van der Waals surface area contributed by atoms with E-state index >= 15 is 0 Å². The summed E-state index contributed by atoms with van der Waals surface area (Å²) in [6.07, 6.45) is 1.29. The van der Waals surface area contributed by atoms with E-state index in [1.165, 1.54) is 24.5 Å². The molecule has 0 aliphatic heterocycles. The molecular formula is C15H9FN4O2. The third-order valence-electron chi connectivity index (χ3n) is 3.09. The van der Waals surface area contributed by atoms with Gasteiger partial charge in [0, 0.05) is 0 Å². The lowest BCUT2D eigenvalue weighted by atomic mass is 10.1. The molecule has 1 aromatic heterocycles. The van der Waals surface area contributed by atoms with Crippen LogP contribution in [0.15, 0.2) is 41.5 Å². The number of nitrogen functional groups attached to an aromatic ring is 1. The molecule has 0 aliphatic carbocycles. The summed E-state index contributed by atoms with van der Waals surface area (Å²) >= 11 is 0. The average molecular weight is 296 g/mol. The number of H-pyrrole nitrogens is 1. The number of nitrogens with one attached hydrogen (secondary N) is 1. The number of nitrogens with two attached hydrogens (primary N) is 1. The van der Waals surface area contributed by atoms with Gasteiger partial charge in [0.1, 0.15) is 17.4 Å². The van der Waals surface area contributed by atoms with E-state index in [1.807, 2.05) is 0 Å². The third-order valence-corrected chi connectivity index (χ3v) is 3.09. The van der Waals surface area contributed by atoms with Crippen molar-refractivity contribution in [2.24, 2.45) is 0 Å². The minimum absolute atomic E-state index is 0.0970. The zero-order valence-electron chi connectivity index (χ0n) is 11.1. The van der Waals surface area contributed by atoms with E-state index in [9.17, 15) is 9.18 Å². The lowest BCUT2D eigenvalue weighted by Gasteiger charge is -2.10. The standard InChI is InChI=1S/C15H9FN4O2/c16-11-2-3-12(18)10(6-17)14(11)22-8-1-4-13-9(5-8)15(21)20-7-19-13/h1-5,7H,18H2,(H,19,20,21). The van der Waals surface area contributed by atoms with Crippen LogP contribution in [0, 0.1) is 17.1 Å². The van der Waals surface area contributed by atoms with Crippen molar-refractivity contribution in [3.05, 3.63) is 58.4 Å². The monoisotopic (exact) mass is 296 g/mol. The Balaban J connectivity index is 2.12. The number of halogens is 1. The Labute approximate surface area is 123 Å². The van der Waals surface area contributed by atoms with Crippen LogP contribution in [0.25, 0.3) is 10.9 Å². The average Bonchev–Trinajstić information content (AvgIpc) is 2.52. The van der Waals surface area contributed by atoms with Crippen LogP contribution in [0.1, 0.15) is 5.56 Å². The van der Waals surface area contributed by atoms with Gasteiger partial charge in [-0.15, -0.1) is 0 Å². The van der Waals surface area contributed by atoms with E-state index in [-0.39, 0.29) is 28.3 Å². The molecule has 3 N–H and O–H groups in total. The maximum Gasteiger partial charge on any atom is 0.258 e. The van der Waals surface area contributed by atoms with E-state index in [0.29, 0.717) is 10.9 Å². The number of ether oxygens (including phenoxy) is 1. The van der Waals surface area contributed by atoms with Crippen molar-refractivity contribution in [2.75, 3.05) is 5.73 Å². The fraction of sp³-hybridized carbons (Fsp3) is 0. The summed E-state index contributed by atoms with van der Waals surface area (Å²) in [6.45, 7) is 0. The molecule has 0 spiro atoms. The SMILES string of the molecule is N#Cc1c(N)ccc(F)c1Oc1ccc2nc[nH]c(=O)c2c1. The number of anilines is 1. The van der Waals surface area contributed by atoms with Crippen LogP contribution in [0.5, 0.6) is 11.5 Å². The van der Waals surface area contributed by atoms with Gasteiger partial charge in [0.05, 0.1) is 22.9 Å². The van der Waals surface area contributed by atoms with Crippen LogP contribution in [-0.4, -0.2) is 9.97 Å². The molecule has 0 fully saturated rings. The minimum atomic E-state index is -0.717. The van der Waals surface area contributed by atoms with Crippen LogP contribution in [-0.2, 0) is 0 Å². The summed E-state index contributed by atoms with van der Waals surface area (Å²) in [5, 5.41) is 9.37. The van der Waals surface area contributed by atoms with E-state index < -0.39 is 5.82 Å². The number of hydrogen-bond acceptors (Lipinski definition) is 5. The fourth-order valence-electron chi connectivity index (χ4n) is 2.02. The van der Waals surface area contributed by atoms with Gasteiger partial charge in [-0.1, -0.05) is 0 Å². The molecular weight excluding hydrogens is 287 g/mol. The molecule has 0 atom stereocenters. The molecule has 0 radical (unpaired) electrons. The van der Waals surface area contributed by atoms with Crippen LogP contribution < -0.4 is 16.0 Å².